The summed E-state index contributed by atoms with van der Waals surface area (Å²) in [5, 5.41) is 6.14. The predicted molar refractivity (Wildman–Crippen MR) is 55.8 cm³/mol. The minimum absolute atomic E-state index is 0.0383. The number of halogens is 2. The van der Waals surface area contributed by atoms with Crippen LogP contribution in [0.25, 0.3) is 22.7 Å². The minimum atomic E-state index is -0.741. The fraction of sp³-hybridized carbons (Fsp3) is 0. The van der Waals surface area contributed by atoms with E-state index in [1.165, 1.54) is 0 Å². The van der Waals surface area contributed by atoms with Gasteiger partial charge >= 0.3 is 0 Å². The molecule has 0 spiro atoms. The lowest BCUT2D eigenvalue weighted by Gasteiger charge is -1.90. The summed E-state index contributed by atoms with van der Waals surface area (Å²) in [7, 11) is 0. The van der Waals surface area contributed by atoms with Crippen LogP contribution >= 0.6 is 0 Å². The van der Waals surface area contributed by atoms with Crippen LogP contribution in [0, 0.1) is 11.6 Å². The smallest absolute Gasteiger partial charge is 0.239 e. The summed E-state index contributed by atoms with van der Waals surface area (Å²) in [6, 6.07) is 1.91. The van der Waals surface area contributed by atoms with Crippen LogP contribution in [0.4, 0.5) is 14.7 Å². The average molecular weight is 236 g/mol. The number of nitrogens with two attached hydrogens (primary N) is 1. The number of nitrogens with one attached hydrogen (secondary N) is 2. The number of aromatic amines is 2. The molecule has 0 bridgehead atoms. The average Bonchev–Trinajstić information content (AvgIpc) is 2.83. The fourth-order valence-electron chi connectivity index (χ4n) is 1.54. The van der Waals surface area contributed by atoms with E-state index in [0.29, 0.717) is 0 Å². The van der Waals surface area contributed by atoms with E-state index in [4.69, 9.17) is 5.73 Å². The molecule has 2 aromatic heterocycles. The zero-order valence-electron chi connectivity index (χ0n) is 8.33. The molecule has 0 aliphatic carbocycles. The van der Waals surface area contributed by atoms with Crippen LogP contribution in [-0.2, 0) is 0 Å². The monoisotopic (exact) mass is 236 g/mol. The van der Waals surface area contributed by atoms with Crippen molar-refractivity contribution in [2.45, 2.75) is 0 Å². The molecule has 6 nitrogen and oxygen atoms in total. The molecule has 2 heterocycles. The van der Waals surface area contributed by atoms with Gasteiger partial charge in [0.15, 0.2) is 17.5 Å². The van der Waals surface area contributed by atoms with E-state index in [1.54, 1.807) is 0 Å². The maximum Gasteiger partial charge on any atom is 0.239 e. The van der Waals surface area contributed by atoms with Gasteiger partial charge in [-0.15, -0.1) is 5.10 Å². The van der Waals surface area contributed by atoms with Gasteiger partial charge in [0.05, 0.1) is 5.52 Å². The van der Waals surface area contributed by atoms with Gasteiger partial charge in [0.2, 0.25) is 5.95 Å². The Bertz CT molecular complexity index is 701. The zero-order chi connectivity index (χ0) is 12.0. The van der Waals surface area contributed by atoms with Gasteiger partial charge in [-0.1, -0.05) is 0 Å². The number of hydrogen-bond acceptors (Lipinski definition) is 4. The molecule has 0 aliphatic rings. The van der Waals surface area contributed by atoms with Crippen LogP contribution in [0.5, 0.6) is 0 Å². The summed E-state index contributed by atoms with van der Waals surface area (Å²) < 4.78 is 26.4. The van der Waals surface area contributed by atoms with E-state index in [0.717, 1.165) is 12.1 Å². The van der Waals surface area contributed by atoms with Crippen molar-refractivity contribution in [3.63, 3.8) is 0 Å². The normalized spacial score (nSPS) is 11.2. The zero-order valence-corrected chi connectivity index (χ0v) is 8.33. The second kappa shape index (κ2) is 3.24. The van der Waals surface area contributed by atoms with Crippen LogP contribution < -0.4 is 5.73 Å². The molecule has 8 heteroatoms. The Morgan fingerprint density at radius 2 is 1.94 bits per heavy atom. The van der Waals surface area contributed by atoms with Gasteiger partial charge < -0.3 is 10.7 Å². The topological polar surface area (TPSA) is 96.3 Å². The molecule has 17 heavy (non-hydrogen) atoms. The van der Waals surface area contributed by atoms with Crippen LogP contribution in [0.2, 0.25) is 0 Å². The van der Waals surface area contributed by atoms with Crippen molar-refractivity contribution in [2.75, 3.05) is 5.73 Å². The Morgan fingerprint density at radius 1 is 1.12 bits per heavy atom. The molecule has 0 radical (unpaired) electrons. The van der Waals surface area contributed by atoms with Crippen LogP contribution in [0.1, 0.15) is 0 Å². The molecule has 3 aromatic rings. The van der Waals surface area contributed by atoms with E-state index in [9.17, 15) is 8.78 Å². The Balaban J connectivity index is 2.23. The highest BCUT2D eigenvalue weighted by Gasteiger charge is 2.13. The van der Waals surface area contributed by atoms with Crippen molar-refractivity contribution >= 4 is 17.0 Å². The second-order valence-corrected chi connectivity index (χ2v) is 3.41. The molecule has 0 saturated carbocycles. The summed E-state index contributed by atoms with van der Waals surface area (Å²) in [5.74, 6) is -0.864. The Kier molecular flexibility index (Phi) is 1.85. The Hall–Kier alpha value is -2.51. The lowest BCUT2D eigenvalue weighted by atomic mass is 10.3. The molecular weight excluding hydrogens is 230 g/mol. The van der Waals surface area contributed by atoms with Gasteiger partial charge in [-0.05, 0) is 6.07 Å². The summed E-state index contributed by atoms with van der Waals surface area (Å²) in [6.45, 7) is 0. The Morgan fingerprint density at radius 3 is 2.65 bits per heavy atom. The van der Waals surface area contributed by atoms with E-state index >= 15 is 0 Å². The van der Waals surface area contributed by atoms with Crippen molar-refractivity contribution in [2.24, 2.45) is 0 Å². The molecule has 4 N–H and O–H groups in total. The van der Waals surface area contributed by atoms with Gasteiger partial charge in [0.1, 0.15) is 11.3 Å². The van der Waals surface area contributed by atoms with Gasteiger partial charge in [-0.25, -0.2) is 13.8 Å². The van der Waals surface area contributed by atoms with Crippen molar-refractivity contribution in [3.8, 4) is 11.6 Å². The number of imidazole rings is 1. The van der Waals surface area contributed by atoms with Crippen molar-refractivity contribution < 1.29 is 8.78 Å². The largest absolute Gasteiger partial charge is 0.366 e. The number of nitrogen functional groups attached to an aromatic ring is 1. The highest BCUT2D eigenvalue weighted by atomic mass is 19.1. The molecule has 0 amide bonds. The Labute approximate surface area is 92.9 Å². The molecule has 0 aliphatic heterocycles. The van der Waals surface area contributed by atoms with Gasteiger partial charge in [-0.3, -0.25) is 5.10 Å². The maximum atomic E-state index is 13.4. The lowest BCUT2D eigenvalue weighted by Crippen LogP contribution is -1.86. The van der Waals surface area contributed by atoms with Crippen LogP contribution in [0.15, 0.2) is 12.1 Å². The third kappa shape index (κ3) is 1.50. The van der Waals surface area contributed by atoms with E-state index in [-0.39, 0.29) is 28.6 Å². The molecular formula is C9H6F2N6. The number of fused-ring (bicyclic) bond motifs is 1. The highest BCUT2D eigenvalue weighted by molar-refractivity contribution is 5.78. The first-order valence-electron chi connectivity index (χ1n) is 4.66. The second-order valence-electron chi connectivity index (χ2n) is 3.41. The summed E-state index contributed by atoms with van der Waals surface area (Å²) in [6.07, 6.45) is 0. The highest BCUT2D eigenvalue weighted by Crippen LogP contribution is 2.21. The fourth-order valence-corrected chi connectivity index (χ4v) is 1.54. The van der Waals surface area contributed by atoms with E-state index < -0.39 is 11.6 Å². The molecule has 0 saturated heterocycles. The number of hydrogen-bond donors (Lipinski definition) is 3. The van der Waals surface area contributed by atoms with Gasteiger partial charge in [-0.2, -0.15) is 4.98 Å². The third-order valence-electron chi connectivity index (χ3n) is 2.23. The molecule has 86 valence electrons. The minimum Gasteiger partial charge on any atom is -0.366 e. The molecule has 3 rings (SSSR count). The molecule has 1 aromatic carbocycles. The van der Waals surface area contributed by atoms with E-state index in [2.05, 4.69) is 25.1 Å². The number of benzene rings is 1. The number of anilines is 1. The van der Waals surface area contributed by atoms with Crippen LogP contribution in [0.3, 0.4) is 0 Å². The molecule has 0 atom stereocenters. The maximum absolute atomic E-state index is 13.4. The first-order chi connectivity index (χ1) is 8.13. The molecule has 0 unspecified atom stereocenters. The van der Waals surface area contributed by atoms with E-state index in [1.807, 2.05) is 0 Å². The summed E-state index contributed by atoms with van der Waals surface area (Å²) in [5.41, 5.74) is 5.62. The number of rotatable bonds is 1. The number of aromatic nitrogens is 5. The lowest BCUT2D eigenvalue weighted by molar-refractivity contribution is 0.591. The molecule has 0 fully saturated rings. The van der Waals surface area contributed by atoms with Crippen molar-refractivity contribution in [1.29, 1.82) is 0 Å². The van der Waals surface area contributed by atoms with Crippen LogP contribution in [-0.4, -0.2) is 25.1 Å². The third-order valence-corrected chi connectivity index (χ3v) is 2.23. The van der Waals surface area contributed by atoms with Gasteiger partial charge in [0, 0.05) is 6.07 Å². The number of nitrogens with zero attached hydrogens (tertiary/aromatic N) is 3. The van der Waals surface area contributed by atoms with Crippen molar-refractivity contribution in [3.05, 3.63) is 23.8 Å². The first kappa shape index (κ1) is 9.70. The SMILES string of the molecule is Nc1n[nH]c(-c2nc3c(F)cc(F)cc3[nH]2)n1. The quantitative estimate of drug-likeness (QED) is 0.591. The standard InChI is InChI=1S/C9H6F2N6/c10-3-1-4(11)6-5(2-3)13-7(14-6)8-15-9(12)17-16-8/h1-2H,(H,13,14)(H3,12,15,16,17). The summed E-state index contributed by atoms with van der Waals surface area (Å²) in [4.78, 5) is 10.5. The predicted octanol–water partition coefficient (Wildman–Crippen LogP) is 1.21. The van der Waals surface area contributed by atoms with Gasteiger partial charge in [0.25, 0.3) is 0 Å². The summed E-state index contributed by atoms with van der Waals surface area (Å²) >= 11 is 0. The number of H-pyrrole nitrogens is 2. The first-order valence-corrected chi connectivity index (χ1v) is 4.66. The van der Waals surface area contributed by atoms with Crippen molar-refractivity contribution in [1.82, 2.24) is 25.1 Å².